The van der Waals surface area contributed by atoms with Gasteiger partial charge in [0.1, 0.15) is 0 Å². The molecular formula is C24H27N3O2. The molecule has 0 bridgehead atoms. The number of nitrogens with zero attached hydrogens (tertiary/aromatic N) is 2. The molecule has 1 N–H and O–H groups in total. The number of carbonyl (C=O) groups excluding carboxylic acids is 1. The average molecular weight is 389 g/mol. The maximum absolute atomic E-state index is 12.7. The van der Waals surface area contributed by atoms with Gasteiger partial charge in [0.25, 0.3) is 5.91 Å². The van der Waals surface area contributed by atoms with Crippen LogP contribution in [0.4, 0.5) is 0 Å². The number of para-hydroxylation sites is 1. The molecule has 0 spiro atoms. The van der Waals surface area contributed by atoms with Gasteiger partial charge in [0.05, 0.1) is 12.6 Å². The molecule has 4 rings (SSSR count). The fourth-order valence-electron chi connectivity index (χ4n) is 4.09. The lowest BCUT2D eigenvalue weighted by atomic mass is 10.0. The molecule has 0 aliphatic carbocycles. The van der Waals surface area contributed by atoms with E-state index in [1.165, 1.54) is 12.8 Å². The third kappa shape index (κ3) is 4.25. The monoisotopic (exact) mass is 389 g/mol. The zero-order chi connectivity index (χ0) is 20.2. The molecule has 3 aromatic rings. The first-order chi connectivity index (χ1) is 14.2. The van der Waals surface area contributed by atoms with Gasteiger partial charge in [-0.1, -0.05) is 30.3 Å². The highest BCUT2D eigenvalue weighted by molar-refractivity contribution is 5.96. The lowest BCUT2D eigenvalue weighted by molar-refractivity contribution is 0.0950. The summed E-state index contributed by atoms with van der Waals surface area (Å²) < 4.78 is 5.52. The molecule has 29 heavy (non-hydrogen) atoms. The molecule has 0 radical (unpaired) electrons. The Morgan fingerprint density at radius 2 is 2.07 bits per heavy atom. The van der Waals surface area contributed by atoms with Crippen molar-refractivity contribution in [1.29, 1.82) is 0 Å². The lowest BCUT2D eigenvalue weighted by Gasteiger charge is -2.19. The van der Waals surface area contributed by atoms with Gasteiger partial charge in [-0.15, -0.1) is 0 Å². The number of nitrogens with one attached hydrogen (secondary N) is 1. The Morgan fingerprint density at radius 3 is 2.86 bits per heavy atom. The molecule has 150 valence electrons. The van der Waals surface area contributed by atoms with Crippen LogP contribution in [-0.4, -0.2) is 49.1 Å². The van der Waals surface area contributed by atoms with Crippen molar-refractivity contribution >= 4 is 16.8 Å². The number of hydrogen-bond acceptors (Lipinski definition) is 4. The maximum Gasteiger partial charge on any atom is 0.251 e. The normalized spacial score (nSPS) is 16.8. The van der Waals surface area contributed by atoms with Crippen LogP contribution in [0.1, 0.15) is 29.6 Å². The second kappa shape index (κ2) is 8.62. The second-order valence-corrected chi connectivity index (χ2v) is 7.64. The summed E-state index contributed by atoms with van der Waals surface area (Å²) in [5.41, 5.74) is 3.34. The van der Waals surface area contributed by atoms with Crippen molar-refractivity contribution in [2.24, 2.45) is 0 Å². The van der Waals surface area contributed by atoms with Crippen LogP contribution in [-0.2, 0) is 0 Å². The number of pyridine rings is 1. The van der Waals surface area contributed by atoms with Crippen molar-refractivity contribution < 1.29 is 9.53 Å². The molecule has 1 unspecified atom stereocenters. The molecule has 1 saturated heterocycles. The highest BCUT2D eigenvalue weighted by atomic mass is 16.5. The van der Waals surface area contributed by atoms with Gasteiger partial charge < -0.3 is 15.0 Å². The summed E-state index contributed by atoms with van der Waals surface area (Å²) >= 11 is 0. The van der Waals surface area contributed by atoms with Crippen LogP contribution in [0.15, 0.2) is 54.6 Å². The van der Waals surface area contributed by atoms with Crippen molar-refractivity contribution in [3.05, 3.63) is 60.2 Å². The van der Waals surface area contributed by atoms with Gasteiger partial charge in [-0.2, -0.15) is 0 Å². The Balaban J connectivity index is 1.52. The van der Waals surface area contributed by atoms with Crippen molar-refractivity contribution in [3.63, 3.8) is 0 Å². The summed E-state index contributed by atoms with van der Waals surface area (Å²) in [6.45, 7) is 1.85. The fraction of sp³-hybridized carbons (Fsp3) is 0.333. The van der Waals surface area contributed by atoms with Crippen LogP contribution in [0, 0.1) is 0 Å². The fourth-order valence-corrected chi connectivity index (χ4v) is 4.09. The van der Waals surface area contributed by atoms with Gasteiger partial charge in [0.15, 0.2) is 0 Å². The minimum atomic E-state index is -0.0415. The molecule has 1 atom stereocenters. The van der Waals surface area contributed by atoms with Gasteiger partial charge >= 0.3 is 0 Å². The first-order valence-electron chi connectivity index (χ1n) is 10.2. The minimum Gasteiger partial charge on any atom is -0.481 e. The van der Waals surface area contributed by atoms with Crippen LogP contribution >= 0.6 is 0 Å². The maximum atomic E-state index is 12.7. The Kier molecular flexibility index (Phi) is 5.76. The number of amides is 1. The molecule has 1 fully saturated rings. The number of hydrogen-bond donors (Lipinski definition) is 1. The van der Waals surface area contributed by atoms with Crippen LogP contribution in [0.25, 0.3) is 22.0 Å². The third-order valence-electron chi connectivity index (χ3n) is 5.75. The van der Waals surface area contributed by atoms with Crippen LogP contribution in [0.3, 0.4) is 0 Å². The first kappa shape index (κ1) is 19.4. The standard InChI is InChI=1S/C24H27N3O2/c1-27-14-6-10-20(27)12-13-25-23(28)19-9-5-8-17(15-19)21-16-18-7-3-4-11-22(18)26-24(21)29-2/h3-5,7-9,11,15-16,20H,6,10,12-14H2,1-2H3,(H,25,28). The predicted molar refractivity (Wildman–Crippen MR) is 116 cm³/mol. The highest BCUT2D eigenvalue weighted by Crippen LogP contribution is 2.32. The van der Waals surface area contributed by atoms with Crippen molar-refractivity contribution in [1.82, 2.24) is 15.2 Å². The molecule has 5 nitrogen and oxygen atoms in total. The molecule has 1 aliphatic rings. The molecule has 1 aromatic heterocycles. The van der Waals surface area contributed by atoms with Gasteiger partial charge in [0.2, 0.25) is 5.88 Å². The third-order valence-corrected chi connectivity index (χ3v) is 5.75. The first-order valence-corrected chi connectivity index (χ1v) is 10.2. The average Bonchev–Trinajstić information content (AvgIpc) is 3.17. The molecule has 2 heterocycles. The van der Waals surface area contributed by atoms with Crippen molar-refractivity contribution in [2.45, 2.75) is 25.3 Å². The number of rotatable bonds is 6. The van der Waals surface area contributed by atoms with E-state index in [0.717, 1.165) is 35.0 Å². The topological polar surface area (TPSA) is 54.5 Å². The molecule has 1 aliphatic heterocycles. The number of likely N-dealkylation sites (tertiary alicyclic amines) is 1. The summed E-state index contributed by atoms with van der Waals surface area (Å²) in [6, 6.07) is 18.2. The summed E-state index contributed by atoms with van der Waals surface area (Å²) in [5.74, 6) is 0.519. The van der Waals surface area contributed by atoms with Crippen molar-refractivity contribution in [2.75, 3.05) is 27.2 Å². The van der Waals surface area contributed by atoms with E-state index < -0.39 is 0 Å². The quantitative estimate of drug-likeness (QED) is 0.689. The van der Waals surface area contributed by atoms with E-state index in [1.807, 2.05) is 48.5 Å². The summed E-state index contributed by atoms with van der Waals surface area (Å²) in [4.78, 5) is 19.7. The molecule has 2 aromatic carbocycles. The van der Waals surface area contributed by atoms with Gasteiger partial charge in [0, 0.05) is 29.1 Å². The number of aromatic nitrogens is 1. The number of ether oxygens (including phenoxy) is 1. The van der Waals surface area contributed by atoms with Crippen LogP contribution < -0.4 is 10.1 Å². The summed E-state index contributed by atoms with van der Waals surface area (Å²) in [6.07, 6.45) is 3.46. The molecular weight excluding hydrogens is 362 g/mol. The van der Waals surface area contributed by atoms with Crippen LogP contribution in [0.5, 0.6) is 5.88 Å². The highest BCUT2D eigenvalue weighted by Gasteiger charge is 2.20. The van der Waals surface area contributed by atoms with Gasteiger partial charge in [-0.05, 0) is 62.7 Å². The predicted octanol–water partition coefficient (Wildman–Crippen LogP) is 4.12. The van der Waals surface area contributed by atoms with Gasteiger partial charge in [-0.25, -0.2) is 4.98 Å². The Hall–Kier alpha value is -2.92. The van der Waals surface area contributed by atoms with E-state index >= 15 is 0 Å². The van der Waals surface area contributed by atoms with Crippen LogP contribution in [0.2, 0.25) is 0 Å². The lowest BCUT2D eigenvalue weighted by Crippen LogP contribution is -2.31. The van der Waals surface area contributed by atoms with Gasteiger partial charge in [-0.3, -0.25) is 4.79 Å². The number of carbonyl (C=O) groups is 1. The van der Waals surface area contributed by atoms with E-state index in [0.29, 0.717) is 24.0 Å². The Morgan fingerprint density at radius 1 is 1.21 bits per heavy atom. The second-order valence-electron chi connectivity index (χ2n) is 7.64. The van der Waals surface area contributed by atoms with E-state index in [9.17, 15) is 4.79 Å². The number of methoxy groups -OCH3 is 1. The van der Waals surface area contributed by atoms with Crippen molar-refractivity contribution in [3.8, 4) is 17.0 Å². The SMILES string of the molecule is COc1nc2ccccc2cc1-c1cccc(C(=O)NCCC2CCCN2C)c1. The van der Waals surface area contributed by atoms with E-state index in [2.05, 4.69) is 28.3 Å². The summed E-state index contributed by atoms with van der Waals surface area (Å²) in [7, 11) is 3.78. The Bertz CT molecular complexity index is 1020. The van der Waals surface area contributed by atoms with E-state index in [4.69, 9.17) is 4.74 Å². The largest absolute Gasteiger partial charge is 0.481 e. The van der Waals surface area contributed by atoms with E-state index in [-0.39, 0.29) is 5.91 Å². The zero-order valence-corrected chi connectivity index (χ0v) is 17.0. The van der Waals surface area contributed by atoms with E-state index in [1.54, 1.807) is 7.11 Å². The number of fused-ring (bicyclic) bond motifs is 1. The number of benzene rings is 2. The molecule has 0 saturated carbocycles. The summed E-state index contributed by atoms with van der Waals surface area (Å²) in [5, 5.41) is 4.11. The molecule has 5 heteroatoms. The zero-order valence-electron chi connectivity index (χ0n) is 17.0. The minimum absolute atomic E-state index is 0.0415. The molecule has 1 amide bonds. The Labute approximate surface area is 171 Å². The smallest absolute Gasteiger partial charge is 0.251 e.